The average molecular weight is 223 g/mol. The largest absolute Gasteiger partial charge is 0.344 e. The first kappa shape index (κ1) is 13.0. The Morgan fingerprint density at radius 2 is 2.19 bits per heavy atom. The van der Waals surface area contributed by atoms with Crippen LogP contribution in [0, 0.1) is 11.3 Å². The van der Waals surface area contributed by atoms with Crippen LogP contribution < -0.4 is 0 Å². The van der Waals surface area contributed by atoms with Crippen LogP contribution >= 0.6 is 0 Å². The van der Waals surface area contributed by atoms with Crippen molar-refractivity contribution in [2.24, 2.45) is 0 Å². The van der Waals surface area contributed by atoms with Crippen LogP contribution in [0.1, 0.15) is 33.6 Å². The Labute approximate surface area is 97.8 Å². The summed E-state index contributed by atoms with van der Waals surface area (Å²) in [6.45, 7) is 7.91. The predicted octanol–water partition coefficient (Wildman–Crippen LogP) is 1.23. The number of rotatable bonds is 2. The highest BCUT2D eigenvalue weighted by Gasteiger charge is 2.39. The van der Waals surface area contributed by atoms with E-state index in [-0.39, 0.29) is 23.9 Å². The van der Waals surface area contributed by atoms with E-state index in [2.05, 4.69) is 24.8 Å². The molecule has 0 bridgehead atoms. The first-order chi connectivity index (χ1) is 7.44. The molecule has 1 unspecified atom stereocenters. The zero-order valence-electron chi connectivity index (χ0n) is 10.7. The van der Waals surface area contributed by atoms with Gasteiger partial charge < -0.3 is 4.90 Å². The van der Waals surface area contributed by atoms with Crippen molar-refractivity contribution in [1.82, 2.24) is 9.80 Å². The molecule has 1 fully saturated rings. The van der Waals surface area contributed by atoms with E-state index in [1.54, 1.807) is 4.90 Å². The Morgan fingerprint density at radius 3 is 2.69 bits per heavy atom. The molecule has 0 aromatic carbocycles. The van der Waals surface area contributed by atoms with Gasteiger partial charge in [0.05, 0.1) is 12.5 Å². The van der Waals surface area contributed by atoms with Gasteiger partial charge in [0.25, 0.3) is 0 Å². The monoisotopic (exact) mass is 223 g/mol. The summed E-state index contributed by atoms with van der Waals surface area (Å²) >= 11 is 0. The van der Waals surface area contributed by atoms with E-state index in [4.69, 9.17) is 5.26 Å². The van der Waals surface area contributed by atoms with Crippen molar-refractivity contribution in [3.63, 3.8) is 0 Å². The van der Waals surface area contributed by atoms with Crippen molar-refractivity contribution in [2.45, 2.75) is 45.2 Å². The van der Waals surface area contributed by atoms with E-state index in [0.717, 1.165) is 19.5 Å². The second kappa shape index (κ2) is 4.84. The van der Waals surface area contributed by atoms with Crippen LogP contribution in [0.4, 0.5) is 0 Å². The molecule has 1 heterocycles. The van der Waals surface area contributed by atoms with Crippen molar-refractivity contribution in [3.05, 3.63) is 0 Å². The predicted molar refractivity (Wildman–Crippen MR) is 62.7 cm³/mol. The maximum atomic E-state index is 12.1. The van der Waals surface area contributed by atoms with E-state index in [9.17, 15) is 4.79 Å². The van der Waals surface area contributed by atoms with Gasteiger partial charge in [0.1, 0.15) is 6.04 Å². The summed E-state index contributed by atoms with van der Waals surface area (Å²) < 4.78 is 0. The highest BCUT2D eigenvalue weighted by molar-refractivity contribution is 5.82. The summed E-state index contributed by atoms with van der Waals surface area (Å²) in [5.41, 5.74) is -0.0172. The summed E-state index contributed by atoms with van der Waals surface area (Å²) in [4.78, 5) is 16.0. The second-order valence-corrected chi connectivity index (χ2v) is 4.99. The Bertz CT molecular complexity index is 306. The van der Waals surface area contributed by atoms with Crippen LogP contribution in [0.3, 0.4) is 0 Å². The van der Waals surface area contributed by atoms with Gasteiger partial charge >= 0.3 is 0 Å². The van der Waals surface area contributed by atoms with Gasteiger partial charge in [-0.2, -0.15) is 5.26 Å². The van der Waals surface area contributed by atoms with Crippen molar-refractivity contribution in [2.75, 3.05) is 20.1 Å². The van der Waals surface area contributed by atoms with Gasteiger partial charge in [-0.3, -0.25) is 9.69 Å². The topological polar surface area (TPSA) is 47.3 Å². The van der Waals surface area contributed by atoms with Crippen LogP contribution in [0.5, 0.6) is 0 Å². The third-order valence-corrected chi connectivity index (χ3v) is 3.50. The molecule has 0 radical (unpaired) electrons. The van der Waals surface area contributed by atoms with Crippen molar-refractivity contribution >= 4 is 5.91 Å². The Kier molecular flexibility index (Phi) is 3.93. The lowest BCUT2D eigenvalue weighted by Gasteiger charge is -2.39. The summed E-state index contributed by atoms with van der Waals surface area (Å²) in [5.74, 6) is 0.0778. The van der Waals surface area contributed by atoms with E-state index >= 15 is 0 Å². The minimum absolute atomic E-state index is 0.0172. The molecule has 0 N–H and O–H groups in total. The number of likely N-dealkylation sites (N-methyl/N-ethyl adjacent to an activating group) is 2. The first-order valence-corrected chi connectivity index (χ1v) is 5.82. The van der Waals surface area contributed by atoms with Gasteiger partial charge in [-0.15, -0.1) is 0 Å². The third kappa shape index (κ3) is 2.35. The van der Waals surface area contributed by atoms with Crippen molar-refractivity contribution in [3.8, 4) is 6.07 Å². The average Bonchev–Trinajstić information content (AvgIpc) is 2.30. The molecule has 0 aromatic heterocycles. The fourth-order valence-corrected chi connectivity index (χ4v) is 2.44. The molecule has 90 valence electrons. The van der Waals surface area contributed by atoms with E-state index in [1.165, 1.54) is 0 Å². The number of nitriles is 1. The smallest absolute Gasteiger partial charge is 0.240 e. The Morgan fingerprint density at radius 1 is 1.56 bits per heavy atom. The number of carbonyl (C=O) groups is 1. The van der Waals surface area contributed by atoms with Crippen LogP contribution in [-0.2, 0) is 4.79 Å². The molecular weight excluding hydrogens is 202 g/mol. The van der Waals surface area contributed by atoms with Gasteiger partial charge in [0.2, 0.25) is 5.91 Å². The van der Waals surface area contributed by atoms with Gasteiger partial charge in [-0.25, -0.2) is 0 Å². The van der Waals surface area contributed by atoms with Gasteiger partial charge in [0.15, 0.2) is 0 Å². The van der Waals surface area contributed by atoms with E-state index in [1.807, 2.05) is 14.0 Å². The minimum atomic E-state index is -0.280. The van der Waals surface area contributed by atoms with Crippen LogP contribution in [-0.4, -0.2) is 47.4 Å². The molecule has 1 saturated heterocycles. The maximum absolute atomic E-state index is 12.1. The first-order valence-electron chi connectivity index (χ1n) is 5.82. The molecule has 1 rings (SSSR count). The molecule has 0 spiro atoms. The van der Waals surface area contributed by atoms with Crippen LogP contribution in [0.25, 0.3) is 0 Å². The highest BCUT2D eigenvalue weighted by Crippen LogP contribution is 2.27. The zero-order valence-corrected chi connectivity index (χ0v) is 10.7. The minimum Gasteiger partial charge on any atom is -0.344 e. The highest BCUT2D eigenvalue weighted by atomic mass is 16.2. The zero-order chi connectivity index (χ0) is 12.3. The van der Waals surface area contributed by atoms with E-state index in [0.29, 0.717) is 0 Å². The SMILES string of the molecule is CCN1C(CC#N)C(=O)N(C)CCC1(C)C. The van der Waals surface area contributed by atoms with Gasteiger partial charge in [-0.05, 0) is 26.8 Å². The fourth-order valence-electron chi connectivity index (χ4n) is 2.44. The summed E-state index contributed by atoms with van der Waals surface area (Å²) in [6.07, 6.45) is 1.23. The third-order valence-electron chi connectivity index (χ3n) is 3.50. The lowest BCUT2D eigenvalue weighted by Crippen LogP contribution is -2.52. The molecule has 1 aliphatic heterocycles. The number of amides is 1. The molecule has 1 aliphatic rings. The quantitative estimate of drug-likeness (QED) is 0.707. The molecule has 0 aromatic rings. The Hall–Kier alpha value is -1.08. The summed E-state index contributed by atoms with van der Waals surface area (Å²) in [7, 11) is 1.82. The lowest BCUT2D eigenvalue weighted by molar-refractivity contribution is -0.135. The molecular formula is C12H21N3O. The standard InChI is InChI=1S/C12H21N3O/c1-5-15-10(6-8-13)11(16)14(4)9-7-12(15,2)3/h10H,5-7,9H2,1-4H3. The normalized spacial score (nSPS) is 26.3. The maximum Gasteiger partial charge on any atom is 0.240 e. The second-order valence-electron chi connectivity index (χ2n) is 4.99. The molecule has 0 aliphatic carbocycles. The van der Waals surface area contributed by atoms with E-state index < -0.39 is 0 Å². The summed E-state index contributed by atoms with van der Waals surface area (Å²) in [6, 6.07) is 1.85. The molecule has 0 saturated carbocycles. The lowest BCUT2D eigenvalue weighted by atomic mass is 9.96. The van der Waals surface area contributed by atoms with Crippen molar-refractivity contribution < 1.29 is 4.79 Å². The number of carbonyl (C=O) groups excluding carboxylic acids is 1. The van der Waals surface area contributed by atoms with Crippen LogP contribution in [0.15, 0.2) is 0 Å². The van der Waals surface area contributed by atoms with Gasteiger partial charge in [0, 0.05) is 19.1 Å². The Balaban J connectivity index is 3.04. The van der Waals surface area contributed by atoms with Gasteiger partial charge in [-0.1, -0.05) is 6.92 Å². The molecule has 1 amide bonds. The molecule has 16 heavy (non-hydrogen) atoms. The number of hydrogen-bond acceptors (Lipinski definition) is 3. The number of hydrogen-bond donors (Lipinski definition) is 0. The molecule has 4 heteroatoms. The molecule has 1 atom stereocenters. The fraction of sp³-hybridized carbons (Fsp3) is 0.833. The van der Waals surface area contributed by atoms with Crippen molar-refractivity contribution in [1.29, 1.82) is 5.26 Å². The van der Waals surface area contributed by atoms with Crippen LogP contribution in [0.2, 0.25) is 0 Å². The molecule has 4 nitrogen and oxygen atoms in total. The summed E-state index contributed by atoms with van der Waals surface area (Å²) in [5, 5.41) is 8.85. The number of nitrogens with zero attached hydrogens (tertiary/aromatic N) is 3.